The molecule has 0 amide bonds. The molecular formula is C36H38N4O2. The second-order valence-electron chi connectivity index (χ2n) is 11.1. The predicted molar refractivity (Wildman–Crippen MR) is 166 cm³/mol. The van der Waals surface area contributed by atoms with Gasteiger partial charge < -0.3 is 8.83 Å². The van der Waals surface area contributed by atoms with Gasteiger partial charge in [-0.05, 0) is 47.9 Å². The highest BCUT2D eigenvalue weighted by Gasteiger charge is 2.18. The van der Waals surface area contributed by atoms with Crippen molar-refractivity contribution in [3.8, 4) is 24.3 Å². The fourth-order valence-electron chi connectivity index (χ4n) is 5.77. The van der Waals surface area contributed by atoms with E-state index in [1.165, 1.54) is 51.4 Å². The Morgan fingerprint density at radius 2 is 0.857 bits per heavy atom. The van der Waals surface area contributed by atoms with Gasteiger partial charge in [-0.2, -0.15) is 21.0 Å². The van der Waals surface area contributed by atoms with E-state index in [4.69, 9.17) is 8.83 Å². The van der Waals surface area contributed by atoms with E-state index in [0.29, 0.717) is 21.6 Å². The molecule has 0 radical (unpaired) electrons. The first-order valence-corrected chi connectivity index (χ1v) is 15.4. The molecular weight excluding hydrogens is 520 g/mol. The Morgan fingerprint density at radius 1 is 0.500 bits per heavy atom. The molecule has 2 aromatic heterocycles. The third-order valence-corrected chi connectivity index (χ3v) is 8.04. The van der Waals surface area contributed by atoms with E-state index in [2.05, 4.69) is 13.8 Å². The van der Waals surface area contributed by atoms with Gasteiger partial charge in [-0.3, -0.25) is 0 Å². The Hall–Kier alpha value is -4.52. The van der Waals surface area contributed by atoms with E-state index in [1.807, 2.05) is 48.5 Å². The molecule has 0 aliphatic heterocycles. The van der Waals surface area contributed by atoms with Crippen molar-refractivity contribution in [1.82, 2.24) is 0 Å². The second-order valence-corrected chi connectivity index (χ2v) is 11.1. The Bertz CT molecular complexity index is 1690. The monoisotopic (exact) mass is 558 g/mol. The maximum atomic E-state index is 9.79. The van der Waals surface area contributed by atoms with Crippen molar-refractivity contribution in [2.24, 2.45) is 0 Å². The lowest BCUT2D eigenvalue weighted by Gasteiger charge is -2.03. The van der Waals surface area contributed by atoms with Gasteiger partial charge in [0.25, 0.3) is 0 Å². The maximum absolute atomic E-state index is 9.79. The number of aryl methyl sites for hydroxylation is 2. The molecule has 4 rings (SSSR count). The smallest absolute Gasteiger partial charge is 0.144 e. The molecule has 42 heavy (non-hydrogen) atoms. The van der Waals surface area contributed by atoms with Crippen LogP contribution in [0.1, 0.15) is 102 Å². The molecule has 0 bridgehead atoms. The number of hydrogen-bond donors (Lipinski definition) is 0. The van der Waals surface area contributed by atoms with E-state index in [-0.39, 0.29) is 11.1 Å². The molecule has 0 saturated heterocycles. The Kier molecular flexibility index (Phi) is 10.8. The van der Waals surface area contributed by atoms with E-state index < -0.39 is 0 Å². The van der Waals surface area contributed by atoms with E-state index >= 15 is 0 Å². The largest absolute Gasteiger partial charge is 0.460 e. The fraction of sp³-hybridized carbons (Fsp3) is 0.444. The van der Waals surface area contributed by atoms with Crippen LogP contribution in [0.4, 0.5) is 0 Å². The van der Waals surface area contributed by atoms with Crippen LogP contribution in [0.25, 0.3) is 43.9 Å². The zero-order chi connectivity index (χ0) is 29.9. The summed E-state index contributed by atoms with van der Waals surface area (Å²) in [4.78, 5) is 0. The highest BCUT2D eigenvalue weighted by Crippen LogP contribution is 2.32. The predicted octanol–water partition coefficient (Wildman–Crippen LogP) is 8.53. The third kappa shape index (κ3) is 6.68. The van der Waals surface area contributed by atoms with Gasteiger partial charge in [0, 0.05) is 34.1 Å². The van der Waals surface area contributed by atoms with Crippen LogP contribution < -0.4 is 10.4 Å². The fourth-order valence-corrected chi connectivity index (χ4v) is 5.77. The van der Waals surface area contributed by atoms with Gasteiger partial charge in [0.1, 0.15) is 58.1 Å². The van der Waals surface area contributed by atoms with Gasteiger partial charge in [0.15, 0.2) is 0 Å². The highest BCUT2D eigenvalue weighted by molar-refractivity contribution is 6.17. The number of nitrogens with zero attached hydrogens (tertiary/aromatic N) is 4. The van der Waals surface area contributed by atoms with Gasteiger partial charge in [0.2, 0.25) is 0 Å². The van der Waals surface area contributed by atoms with Gasteiger partial charge >= 0.3 is 0 Å². The molecule has 6 heteroatoms. The zero-order valence-electron chi connectivity index (χ0n) is 24.8. The molecule has 0 spiro atoms. The van der Waals surface area contributed by atoms with E-state index in [1.54, 1.807) is 0 Å². The van der Waals surface area contributed by atoms with Crippen molar-refractivity contribution in [3.05, 3.63) is 46.2 Å². The number of furan rings is 2. The summed E-state index contributed by atoms with van der Waals surface area (Å²) >= 11 is 0. The van der Waals surface area contributed by atoms with Crippen molar-refractivity contribution in [1.29, 1.82) is 21.0 Å². The summed E-state index contributed by atoms with van der Waals surface area (Å²) in [6.45, 7) is 4.41. The molecule has 0 saturated carbocycles. The number of benzene rings is 2. The Morgan fingerprint density at radius 3 is 1.21 bits per heavy atom. The first-order chi connectivity index (χ1) is 20.6. The van der Waals surface area contributed by atoms with Crippen molar-refractivity contribution in [2.75, 3.05) is 0 Å². The number of unbranched alkanes of at least 4 members (excludes halogenated alkanes) is 10. The lowest BCUT2D eigenvalue weighted by molar-refractivity contribution is 0.520. The van der Waals surface area contributed by atoms with Gasteiger partial charge in [-0.1, -0.05) is 78.1 Å². The Balaban J connectivity index is 1.88. The molecule has 0 aliphatic rings. The molecule has 214 valence electrons. The van der Waals surface area contributed by atoms with Crippen LogP contribution in [-0.2, 0) is 12.8 Å². The standard InChI is InChI=1S/C36H38N4O2/c1-3-5-7-9-11-13-15-27-17-33-31-20-30(26(23-39)24-40)36-34(18-28(42-36)16-14-12-10-8-6-4-2)32(31)19-29(35(33)41-27)25(21-37)22-38/h17-20H,3-16H2,1-2H3. The van der Waals surface area contributed by atoms with Gasteiger partial charge in [-0.15, -0.1) is 0 Å². The minimum atomic E-state index is -0.0170. The lowest BCUT2D eigenvalue weighted by atomic mass is 9.97. The lowest BCUT2D eigenvalue weighted by Crippen LogP contribution is -2.09. The van der Waals surface area contributed by atoms with Gasteiger partial charge in [-0.25, -0.2) is 0 Å². The SMILES string of the molecule is CCCCCCCCc1cc2c(o1)c(=C(C#N)C#N)cc1c3cc(CCCCCCCC)oc3c(=C(C#N)C#N)cc21. The molecule has 0 N–H and O–H groups in total. The topological polar surface area (TPSA) is 121 Å². The summed E-state index contributed by atoms with van der Waals surface area (Å²) < 4.78 is 12.6. The summed E-state index contributed by atoms with van der Waals surface area (Å²) in [5, 5.41) is 43.2. The number of rotatable bonds is 14. The van der Waals surface area contributed by atoms with E-state index in [0.717, 1.165) is 71.6 Å². The number of fused-ring (bicyclic) bond motifs is 5. The minimum Gasteiger partial charge on any atom is -0.460 e. The van der Waals surface area contributed by atoms with Crippen molar-refractivity contribution >= 4 is 43.9 Å². The molecule has 0 unspecified atom stereocenters. The molecule has 2 heterocycles. The average Bonchev–Trinajstić information content (AvgIpc) is 3.63. The maximum Gasteiger partial charge on any atom is 0.144 e. The summed E-state index contributed by atoms with van der Waals surface area (Å²) in [7, 11) is 0. The number of hydrogen-bond acceptors (Lipinski definition) is 6. The molecule has 4 aromatic rings. The normalized spacial score (nSPS) is 10.9. The van der Waals surface area contributed by atoms with Crippen molar-refractivity contribution in [3.63, 3.8) is 0 Å². The first kappa shape index (κ1) is 30.4. The third-order valence-electron chi connectivity index (χ3n) is 8.04. The minimum absolute atomic E-state index is 0.0170. The zero-order valence-corrected chi connectivity index (χ0v) is 24.8. The summed E-state index contributed by atoms with van der Waals surface area (Å²) in [5.41, 5.74) is 0.935. The first-order valence-electron chi connectivity index (χ1n) is 15.4. The molecule has 6 nitrogen and oxygen atoms in total. The second kappa shape index (κ2) is 14.9. The van der Waals surface area contributed by atoms with Crippen LogP contribution in [0, 0.1) is 45.3 Å². The van der Waals surface area contributed by atoms with Gasteiger partial charge in [0.05, 0.1) is 0 Å². The summed E-state index contributed by atoms with van der Waals surface area (Å²) in [6, 6.07) is 15.8. The van der Waals surface area contributed by atoms with Crippen LogP contribution in [0.2, 0.25) is 0 Å². The van der Waals surface area contributed by atoms with Crippen LogP contribution >= 0.6 is 0 Å². The average molecular weight is 559 g/mol. The van der Waals surface area contributed by atoms with Crippen LogP contribution in [0.5, 0.6) is 0 Å². The molecule has 2 aromatic carbocycles. The quantitative estimate of drug-likeness (QED) is 0.143. The number of nitriles is 4. The molecule has 0 aliphatic carbocycles. The summed E-state index contributed by atoms with van der Waals surface area (Å²) in [6.07, 6.45) is 15.5. The van der Waals surface area contributed by atoms with Crippen molar-refractivity contribution in [2.45, 2.75) is 104 Å². The van der Waals surface area contributed by atoms with Crippen LogP contribution in [0.15, 0.2) is 33.1 Å². The summed E-state index contributed by atoms with van der Waals surface area (Å²) in [5.74, 6) is 1.60. The van der Waals surface area contributed by atoms with Crippen molar-refractivity contribution < 1.29 is 8.83 Å². The van der Waals surface area contributed by atoms with Crippen LogP contribution in [-0.4, -0.2) is 0 Å². The molecule has 0 atom stereocenters. The van der Waals surface area contributed by atoms with Crippen LogP contribution in [0.3, 0.4) is 0 Å². The van der Waals surface area contributed by atoms with E-state index in [9.17, 15) is 21.0 Å². The highest BCUT2D eigenvalue weighted by atomic mass is 16.3. The Labute approximate surface area is 247 Å². The molecule has 0 fully saturated rings.